The predicted molar refractivity (Wildman–Crippen MR) is 189 cm³/mol. The van der Waals surface area contributed by atoms with Gasteiger partial charge in [0, 0.05) is 66.1 Å². The monoisotopic (exact) mass is 654 g/mol. The van der Waals surface area contributed by atoms with E-state index in [0.29, 0.717) is 21.4 Å². The molecular formula is C37H34Cl2N3O2S+. The molecule has 0 N–H and O–H groups in total. The van der Waals surface area contributed by atoms with Crippen LogP contribution >= 0.6 is 23.2 Å². The number of halogens is 2. The first-order valence-electron chi connectivity index (χ1n) is 14.7. The number of benzene rings is 5. The van der Waals surface area contributed by atoms with Crippen molar-refractivity contribution in [1.29, 1.82) is 0 Å². The zero-order valence-electron chi connectivity index (χ0n) is 25.8. The summed E-state index contributed by atoms with van der Waals surface area (Å²) < 4.78 is 24.5. The normalized spacial score (nSPS) is 13.1. The first-order valence-corrected chi connectivity index (χ1v) is 16.6. The van der Waals surface area contributed by atoms with E-state index in [2.05, 4.69) is 24.3 Å². The van der Waals surface area contributed by atoms with Crippen LogP contribution in [0.15, 0.2) is 119 Å². The van der Waals surface area contributed by atoms with Gasteiger partial charge in [0.05, 0.1) is 21.7 Å². The van der Waals surface area contributed by atoms with Gasteiger partial charge in [-0.1, -0.05) is 65.7 Å². The van der Waals surface area contributed by atoms with Crippen LogP contribution in [0.3, 0.4) is 0 Å². The van der Waals surface area contributed by atoms with Crippen LogP contribution < -0.4 is 14.8 Å². The lowest BCUT2D eigenvalue weighted by molar-refractivity contribution is 0.443. The first kappa shape index (κ1) is 31.1. The minimum Gasteiger partial charge on any atom is -0.456 e. The SMILES string of the molecule is CC(C)N(C)S(=O)c1ccccc1-c1c2ccc(=[N+](C)c3ccccc3Cl)cc-2oc2cc(N(C)c3ccccc3Cl)ccc12. The number of hydrogen-bond acceptors (Lipinski definition) is 3. The second kappa shape index (κ2) is 12.8. The molecule has 228 valence electrons. The summed E-state index contributed by atoms with van der Waals surface area (Å²) in [6.07, 6.45) is 0. The summed E-state index contributed by atoms with van der Waals surface area (Å²) >= 11 is 13.1. The van der Waals surface area contributed by atoms with Gasteiger partial charge in [0.15, 0.2) is 0 Å². The number of nitrogens with zero attached hydrogens (tertiary/aromatic N) is 3. The van der Waals surface area contributed by atoms with Crippen molar-refractivity contribution in [3.63, 3.8) is 0 Å². The van der Waals surface area contributed by atoms with Gasteiger partial charge in [-0.2, -0.15) is 4.58 Å². The van der Waals surface area contributed by atoms with E-state index in [-0.39, 0.29) is 6.04 Å². The van der Waals surface area contributed by atoms with Crippen LogP contribution in [0, 0.1) is 0 Å². The summed E-state index contributed by atoms with van der Waals surface area (Å²) in [6, 6.07) is 35.9. The lowest BCUT2D eigenvalue weighted by Gasteiger charge is -2.24. The Kier molecular flexibility index (Phi) is 8.85. The molecule has 0 amide bonds. The maximum absolute atomic E-state index is 13.9. The molecule has 6 rings (SSSR count). The molecule has 1 aliphatic heterocycles. The Labute approximate surface area is 276 Å². The van der Waals surface area contributed by atoms with Crippen molar-refractivity contribution >= 4 is 62.2 Å². The third kappa shape index (κ3) is 5.91. The van der Waals surface area contributed by atoms with E-state index in [1.54, 1.807) is 0 Å². The van der Waals surface area contributed by atoms with Crippen molar-refractivity contribution in [3.8, 4) is 22.5 Å². The fourth-order valence-corrected chi connectivity index (χ4v) is 7.24. The van der Waals surface area contributed by atoms with Crippen molar-refractivity contribution < 1.29 is 8.63 Å². The zero-order chi connectivity index (χ0) is 31.8. The molecule has 0 saturated carbocycles. The Morgan fingerprint density at radius 1 is 0.778 bits per heavy atom. The molecule has 1 aliphatic carbocycles. The van der Waals surface area contributed by atoms with Crippen LogP contribution in [-0.2, 0) is 11.0 Å². The van der Waals surface area contributed by atoms with Gasteiger partial charge in [0.1, 0.15) is 34.4 Å². The third-order valence-electron chi connectivity index (χ3n) is 8.22. The number of anilines is 2. The average molecular weight is 656 g/mol. The smallest absolute Gasteiger partial charge is 0.224 e. The topological polar surface area (TPSA) is 39.7 Å². The molecule has 4 aromatic carbocycles. The molecule has 8 heteroatoms. The largest absolute Gasteiger partial charge is 0.456 e. The molecule has 1 unspecified atom stereocenters. The van der Waals surface area contributed by atoms with Gasteiger partial charge in [-0.05, 0) is 56.3 Å². The Bertz CT molecular complexity index is 2110. The van der Waals surface area contributed by atoms with Gasteiger partial charge in [0.25, 0.3) is 0 Å². The fraction of sp³-hybridized carbons (Fsp3) is 0.162. The number of hydrogen-bond donors (Lipinski definition) is 0. The zero-order valence-corrected chi connectivity index (χ0v) is 28.1. The summed E-state index contributed by atoms with van der Waals surface area (Å²) in [6.45, 7) is 4.08. The standard InChI is InChI=1S/C37H34Cl2N3O2S/c1-24(2)42(5)45(43)36-17-11-6-12-29(36)37-27-20-18-25(40(3)32-15-9-7-13-30(32)38)22-34(27)44-35-23-26(19-21-28(35)37)41(4)33-16-10-8-14-31(33)39/h6-24H,1-5H3/q+1. The lowest BCUT2D eigenvalue weighted by Crippen LogP contribution is -2.28. The third-order valence-corrected chi connectivity index (χ3v) is 10.5. The Balaban J connectivity index is 1.65. The Morgan fingerprint density at radius 3 is 2.20 bits per heavy atom. The lowest BCUT2D eigenvalue weighted by atomic mass is 9.93. The highest BCUT2D eigenvalue weighted by atomic mass is 35.5. The minimum atomic E-state index is -1.38. The van der Waals surface area contributed by atoms with Gasteiger partial charge in [0.2, 0.25) is 11.0 Å². The van der Waals surface area contributed by atoms with Gasteiger partial charge in [-0.15, -0.1) is 0 Å². The quantitative estimate of drug-likeness (QED) is 0.127. The van der Waals surface area contributed by atoms with Crippen LogP contribution in [0.1, 0.15) is 13.8 Å². The molecule has 0 aromatic heterocycles. The molecule has 2 aliphatic rings. The molecule has 1 atom stereocenters. The number of para-hydroxylation sites is 2. The summed E-state index contributed by atoms with van der Waals surface area (Å²) in [5.74, 6) is 0.698. The molecule has 0 fully saturated rings. The maximum Gasteiger partial charge on any atom is 0.224 e. The van der Waals surface area contributed by atoms with E-state index in [1.807, 2.05) is 134 Å². The number of rotatable bonds is 7. The molecule has 45 heavy (non-hydrogen) atoms. The van der Waals surface area contributed by atoms with Crippen LogP contribution in [0.25, 0.3) is 33.4 Å². The second-order valence-corrected chi connectivity index (χ2v) is 13.6. The average Bonchev–Trinajstić information content (AvgIpc) is 3.05. The van der Waals surface area contributed by atoms with Crippen molar-refractivity contribution in [1.82, 2.24) is 8.88 Å². The van der Waals surface area contributed by atoms with E-state index < -0.39 is 11.0 Å². The molecule has 0 radical (unpaired) electrons. The van der Waals surface area contributed by atoms with Crippen LogP contribution in [0.4, 0.5) is 17.1 Å². The van der Waals surface area contributed by atoms with Crippen LogP contribution in [0.5, 0.6) is 0 Å². The van der Waals surface area contributed by atoms with E-state index in [9.17, 15) is 4.21 Å². The van der Waals surface area contributed by atoms with Gasteiger partial charge in [-0.3, -0.25) is 0 Å². The van der Waals surface area contributed by atoms with Crippen molar-refractivity contribution in [3.05, 3.63) is 125 Å². The molecule has 1 heterocycles. The van der Waals surface area contributed by atoms with Gasteiger partial charge in [-0.25, -0.2) is 8.51 Å². The van der Waals surface area contributed by atoms with Crippen LogP contribution in [0.2, 0.25) is 10.0 Å². The highest BCUT2D eigenvalue weighted by Gasteiger charge is 2.25. The van der Waals surface area contributed by atoms with Crippen molar-refractivity contribution in [2.45, 2.75) is 24.8 Å². The van der Waals surface area contributed by atoms with Gasteiger partial charge >= 0.3 is 0 Å². The van der Waals surface area contributed by atoms with Crippen molar-refractivity contribution in [2.24, 2.45) is 0 Å². The molecule has 4 aromatic rings. The van der Waals surface area contributed by atoms with Crippen molar-refractivity contribution in [2.75, 3.05) is 26.0 Å². The number of fused-ring (bicyclic) bond motifs is 2. The highest BCUT2D eigenvalue weighted by molar-refractivity contribution is 7.82. The molecule has 0 bridgehead atoms. The summed E-state index contributed by atoms with van der Waals surface area (Å²) in [5, 5.41) is 3.16. The predicted octanol–water partition coefficient (Wildman–Crippen LogP) is 9.38. The summed E-state index contributed by atoms with van der Waals surface area (Å²) in [5.41, 5.74) is 6.18. The van der Waals surface area contributed by atoms with E-state index in [0.717, 1.165) is 49.4 Å². The minimum absolute atomic E-state index is 0.101. The molecule has 0 saturated heterocycles. The molecule has 0 spiro atoms. The van der Waals surface area contributed by atoms with E-state index >= 15 is 0 Å². The Morgan fingerprint density at radius 2 is 1.47 bits per heavy atom. The highest BCUT2D eigenvalue weighted by Crippen LogP contribution is 2.43. The van der Waals surface area contributed by atoms with Crippen LogP contribution in [-0.4, -0.2) is 35.7 Å². The fourth-order valence-electron chi connectivity index (χ4n) is 5.47. The Hall–Kier alpha value is -3.94. The summed E-state index contributed by atoms with van der Waals surface area (Å²) in [4.78, 5) is 2.79. The van der Waals surface area contributed by atoms with E-state index in [1.165, 1.54) is 0 Å². The molecule has 5 nitrogen and oxygen atoms in total. The maximum atomic E-state index is 13.9. The molecular weight excluding hydrogens is 621 g/mol. The summed E-state index contributed by atoms with van der Waals surface area (Å²) in [7, 11) is 4.49. The first-order chi connectivity index (χ1) is 21.7. The second-order valence-electron chi connectivity index (χ2n) is 11.2. The van der Waals surface area contributed by atoms with E-state index in [4.69, 9.17) is 27.6 Å². The van der Waals surface area contributed by atoms with Gasteiger partial charge < -0.3 is 9.32 Å².